The highest BCUT2D eigenvalue weighted by atomic mass is 16.3. The monoisotopic (exact) mass is 365 g/mol. The lowest BCUT2D eigenvalue weighted by Gasteiger charge is -2.09. The van der Waals surface area contributed by atoms with Crippen molar-refractivity contribution in [1.82, 2.24) is 4.98 Å². The molecule has 0 saturated carbocycles. The number of fused-ring (bicyclic) bond motifs is 3. The van der Waals surface area contributed by atoms with Gasteiger partial charge in [-0.15, -0.1) is 0 Å². The van der Waals surface area contributed by atoms with Crippen molar-refractivity contribution in [3.05, 3.63) is 84.2 Å². The van der Waals surface area contributed by atoms with E-state index in [4.69, 9.17) is 4.42 Å². The summed E-state index contributed by atoms with van der Waals surface area (Å²) >= 11 is 0. The number of furan rings is 1. The molecule has 0 atom stereocenters. The van der Waals surface area contributed by atoms with Crippen LogP contribution in [-0.4, -0.2) is 4.98 Å². The molecule has 0 aliphatic rings. The molecule has 0 aliphatic heterocycles. The molecule has 28 heavy (non-hydrogen) atoms. The van der Waals surface area contributed by atoms with Gasteiger partial charge < -0.3 is 4.42 Å². The summed E-state index contributed by atoms with van der Waals surface area (Å²) in [4.78, 5) is 4.42. The van der Waals surface area contributed by atoms with E-state index in [1.807, 2.05) is 12.1 Å². The topological polar surface area (TPSA) is 29.9 Å². The molecular weight excluding hydrogens is 344 g/mol. The second-order valence-electron chi connectivity index (χ2n) is 7.32. The van der Waals surface area contributed by atoms with Gasteiger partial charge in [0.2, 0.25) is 11.4 Å². The van der Waals surface area contributed by atoms with Gasteiger partial charge in [-0.2, -0.15) is 0 Å². The van der Waals surface area contributed by atoms with Gasteiger partial charge in [0.15, 0.2) is 11.8 Å². The number of hydrogen-bond donors (Lipinski definition) is 0. The number of pyridine rings is 2. The van der Waals surface area contributed by atoms with Gasteiger partial charge in [-0.25, -0.2) is 9.55 Å². The zero-order valence-corrected chi connectivity index (χ0v) is 16.2. The third-order valence-corrected chi connectivity index (χ3v) is 5.44. The first kappa shape index (κ1) is 16.7. The van der Waals surface area contributed by atoms with Crippen LogP contribution in [0.1, 0.15) is 11.1 Å². The summed E-state index contributed by atoms with van der Waals surface area (Å²) in [6, 6.07) is 21.1. The zero-order valence-electron chi connectivity index (χ0n) is 16.2. The number of benzene rings is 2. The molecule has 0 unspecified atom stereocenters. The molecular formula is C25H21N2O+. The molecule has 0 saturated heterocycles. The summed E-state index contributed by atoms with van der Waals surface area (Å²) in [6.45, 7) is 4.28. The van der Waals surface area contributed by atoms with Gasteiger partial charge in [0.1, 0.15) is 7.05 Å². The van der Waals surface area contributed by atoms with Crippen LogP contribution in [0.15, 0.2) is 77.5 Å². The molecule has 3 aromatic heterocycles. The summed E-state index contributed by atoms with van der Waals surface area (Å²) < 4.78 is 8.40. The van der Waals surface area contributed by atoms with E-state index in [0.717, 1.165) is 27.6 Å². The van der Waals surface area contributed by atoms with E-state index in [2.05, 4.69) is 85.2 Å². The maximum absolute atomic E-state index is 6.23. The third-order valence-electron chi connectivity index (χ3n) is 5.44. The number of rotatable bonds is 2. The summed E-state index contributed by atoms with van der Waals surface area (Å²) in [5, 5.41) is 2.21. The van der Waals surface area contributed by atoms with E-state index in [1.54, 1.807) is 6.20 Å². The first-order valence-corrected chi connectivity index (χ1v) is 9.46. The highest BCUT2D eigenvalue weighted by molar-refractivity contribution is 6.09. The highest BCUT2D eigenvalue weighted by Gasteiger charge is 2.21. The number of aryl methyl sites for hydroxylation is 3. The van der Waals surface area contributed by atoms with Crippen LogP contribution in [0.4, 0.5) is 0 Å². The molecule has 2 aromatic carbocycles. The van der Waals surface area contributed by atoms with E-state index in [-0.39, 0.29) is 0 Å². The summed E-state index contributed by atoms with van der Waals surface area (Å²) in [6.07, 6.45) is 3.96. The summed E-state index contributed by atoms with van der Waals surface area (Å²) in [5.74, 6) is 0. The average Bonchev–Trinajstić information content (AvgIpc) is 3.10. The normalized spacial score (nSPS) is 11.4. The van der Waals surface area contributed by atoms with Crippen molar-refractivity contribution in [3.8, 4) is 22.4 Å². The second-order valence-corrected chi connectivity index (χ2v) is 7.32. The fourth-order valence-electron chi connectivity index (χ4n) is 4.06. The number of hydrogen-bond acceptors (Lipinski definition) is 2. The Kier molecular flexibility index (Phi) is 3.76. The van der Waals surface area contributed by atoms with E-state index in [0.29, 0.717) is 5.71 Å². The Labute approximate surface area is 163 Å². The maximum Gasteiger partial charge on any atom is 0.227 e. The largest absolute Gasteiger partial charge is 0.437 e. The zero-order chi connectivity index (χ0) is 19.3. The van der Waals surface area contributed by atoms with Gasteiger partial charge in [0, 0.05) is 28.6 Å². The highest BCUT2D eigenvalue weighted by Crippen LogP contribution is 2.37. The Hall–Kier alpha value is -3.46. The van der Waals surface area contributed by atoms with Crippen LogP contribution in [0.5, 0.6) is 0 Å². The van der Waals surface area contributed by atoms with E-state index < -0.39 is 0 Å². The number of nitrogens with zero attached hydrogens (tertiary/aromatic N) is 2. The fraction of sp³-hybridized carbons (Fsp3) is 0.120. The maximum atomic E-state index is 6.23. The smallest absolute Gasteiger partial charge is 0.227 e. The molecule has 5 aromatic rings. The Bertz CT molecular complexity index is 1330. The lowest BCUT2D eigenvalue weighted by atomic mass is 9.97. The van der Waals surface area contributed by atoms with Crippen LogP contribution in [0.3, 0.4) is 0 Å². The molecule has 3 nitrogen and oxygen atoms in total. The molecule has 0 fully saturated rings. The van der Waals surface area contributed by atoms with E-state index >= 15 is 0 Å². The molecule has 136 valence electrons. The Morgan fingerprint density at radius 1 is 0.857 bits per heavy atom. The van der Waals surface area contributed by atoms with Crippen LogP contribution in [0.2, 0.25) is 0 Å². The van der Waals surface area contributed by atoms with Gasteiger partial charge in [-0.3, -0.25) is 0 Å². The van der Waals surface area contributed by atoms with Crippen LogP contribution >= 0.6 is 0 Å². The number of aromatic nitrogens is 2. The first-order valence-electron chi connectivity index (χ1n) is 9.46. The Balaban J connectivity index is 1.83. The molecule has 3 heterocycles. The minimum atomic E-state index is 0.686. The SMILES string of the molecule is Cc1c[n+](C)c(-c2ccc(C)c3c2oc2ncccc23)cc1-c1ccccc1. The minimum Gasteiger partial charge on any atom is -0.437 e. The van der Waals surface area contributed by atoms with Crippen molar-refractivity contribution in [1.29, 1.82) is 0 Å². The molecule has 0 aliphatic carbocycles. The lowest BCUT2D eigenvalue weighted by Crippen LogP contribution is -2.31. The summed E-state index contributed by atoms with van der Waals surface area (Å²) in [5.41, 5.74) is 8.67. The molecule has 3 heteroatoms. The molecule has 0 N–H and O–H groups in total. The van der Waals surface area contributed by atoms with Crippen molar-refractivity contribution < 1.29 is 8.98 Å². The average molecular weight is 365 g/mol. The Morgan fingerprint density at radius 2 is 1.68 bits per heavy atom. The fourth-order valence-corrected chi connectivity index (χ4v) is 4.06. The predicted molar refractivity (Wildman–Crippen MR) is 113 cm³/mol. The van der Waals surface area contributed by atoms with Gasteiger partial charge >= 0.3 is 0 Å². The van der Waals surface area contributed by atoms with Crippen molar-refractivity contribution in [2.45, 2.75) is 13.8 Å². The molecule has 0 spiro atoms. The van der Waals surface area contributed by atoms with E-state index in [9.17, 15) is 0 Å². The predicted octanol–water partition coefficient (Wildman–Crippen LogP) is 5.76. The summed E-state index contributed by atoms with van der Waals surface area (Å²) in [7, 11) is 2.09. The van der Waals surface area contributed by atoms with Crippen molar-refractivity contribution in [2.75, 3.05) is 0 Å². The first-order chi connectivity index (χ1) is 13.6. The van der Waals surface area contributed by atoms with Crippen molar-refractivity contribution in [2.24, 2.45) is 7.05 Å². The lowest BCUT2D eigenvalue weighted by molar-refractivity contribution is -0.660. The van der Waals surface area contributed by atoms with Gasteiger partial charge in [-0.05, 0) is 48.7 Å². The van der Waals surface area contributed by atoms with Crippen molar-refractivity contribution >= 4 is 22.1 Å². The minimum absolute atomic E-state index is 0.686. The quantitative estimate of drug-likeness (QED) is 0.373. The van der Waals surface area contributed by atoms with Crippen LogP contribution < -0.4 is 4.57 Å². The second kappa shape index (κ2) is 6.31. The third kappa shape index (κ3) is 2.51. The van der Waals surface area contributed by atoms with Crippen LogP contribution in [0, 0.1) is 13.8 Å². The molecule has 0 radical (unpaired) electrons. The standard InChI is InChI=1S/C25H21N2O/c1-16-11-12-19(24-23(16)20-10-7-13-26-25(20)28-24)22-14-21(17(2)15-27(22)3)18-8-5-4-6-9-18/h4-15H,1-3H3/q+1. The molecule has 5 rings (SSSR count). The van der Waals surface area contributed by atoms with Crippen LogP contribution in [-0.2, 0) is 7.05 Å². The van der Waals surface area contributed by atoms with Crippen molar-refractivity contribution in [3.63, 3.8) is 0 Å². The van der Waals surface area contributed by atoms with Gasteiger partial charge in [0.25, 0.3) is 0 Å². The molecule has 0 bridgehead atoms. The van der Waals surface area contributed by atoms with Crippen LogP contribution in [0.25, 0.3) is 44.5 Å². The molecule has 0 amide bonds. The van der Waals surface area contributed by atoms with Gasteiger partial charge in [0.05, 0.1) is 5.56 Å². The van der Waals surface area contributed by atoms with E-state index in [1.165, 1.54) is 22.3 Å². The Morgan fingerprint density at radius 3 is 2.50 bits per heavy atom. The van der Waals surface area contributed by atoms with Gasteiger partial charge in [-0.1, -0.05) is 36.4 Å².